The van der Waals surface area contributed by atoms with Crippen LogP contribution in [0.25, 0.3) is 0 Å². The number of hydrogen-bond donors (Lipinski definition) is 0. The van der Waals surface area contributed by atoms with E-state index in [1.165, 1.54) is 11.3 Å². The van der Waals surface area contributed by atoms with Gasteiger partial charge in [-0.25, -0.2) is 0 Å². The maximum Gasteiger partial charge on any atom is 0.230 e. The minimum absolute atomic E-state index is 0.449. The monoisotopic (exact) mass is 323 g/mol. The second-order valence-corrected chi connectivity index (χ2v) is 6.47. The van der Waals surface area contributed by atoms with Crippen molar-refractivity contribution in [3.63, 3.8) is 0 Å². The SMILES string of the molecule is Cc1cc(C)n(C2CN(Cc3nnc(Cc4ccccc4)o3)C2)n1. The summed E-state index contributed by atoms with van der Waals surface area (Å²) in [6.07, 6.45) is 0.683. The van der Waals surface area contributed by atoms with Crippen molar-refractivity contribution < 1.29 is 4.42 Å². The largest absolute Gasteiger partial charge is 0.424 e. The Labute approximate surface area is 141 Å². The number of benzene rings is 1. The lowest BCUT2D eigenvalue weighted by Gasteiger charge is -2.38. The van der Waals surface area contributed by atoms with E-state index >= 15 is 0 Å². The molecule has 0 amide bonds. The zero-order chi connectivity index (χ0) is 16.5. The third-order valence-corrected chi connectivity index (χ3v) is 4.39. The summed E-state index contributed by atoms with van der Waals surface area (Å²) in [6.45, 7) is 6.79. The fourth-order valence-corrected chi connectivity index (χ4v) is 3.23. The summed E-state index contributed by atoms with van der Waals surface area (Å²) in [5.41, 5.74) is 3.48. The summed E-state index contributed by atoms with van der Waals surface area (Å²) >= 11 is 0. The fraction of sp³-hybridized carbons (Fsp3) is 0.389. The number of nitrogens with zero attached hydrogens (tertiary/aromatic N) is 5. The molecule has 4 rings (SSSR count). The van der Waals surface area contributed by atoms with E-state index in [0.29, 0.717) is 30.8 Å². The van der Waals surface area contributed by atoms with Gasteiger partial charge in [-0.3, -0.25) is 9.58 Å². The first kappa shape index (κ1) is 15.1. The fourth-order valence-electron chi connectivity index (χ4n) is 3.23. The summed E-state index contributed by atoms with van der Waals surface area (Å²) in [5.74, 6) is 1.36. The molecule has 1 aliphatic rings. The zero-order valence-corrected chi connectivity index (χ0v) is 14.0. The molecule has 1 aliphatic heterocycles. The second kappa shape index (κ2) is 6.20. The van der Waals surface area contributed by atoms with Crippen LogP contribution in [0.5, 0.6) is 0 Å². The van der Waals surface area contributed by atoms with Crippen LogP contribution >= 0.6 is 0 Å². The molecule has 0 unspecified atom stereocenters. The summed E-state index contributed by atoms with van der Waals surface area (Å²) in [7, 11) is 0. The Morgan fingerprint density at radius 1 is 1.08 bits per heavy atom. The molecule has 1 aromatic carbocycles. The number of hydrogen-bond acceptors (Lipinski definition) is 5. The normalized spacial score (nSPS) is 15.6. The first-order chi connectivity index (χ1) is 11.7. The lowest BCUT2D eigenvalue weighted by atomic mass is 10.1. The van der Waals surface area contributed by atoms with Crippen LogP contribution in [0.2, 0.25) is 0 Å². The smallest absolute Gasteiger partial charge is 0.230 e. The summed E-state index contributed by atoms with van der Waals surface area (Å²) in [6, 6.07) is 12.8. The number of aromatic nitrogens is 4. The maximum atomic E-state index is 5.78. The molecule has 0 bridgehead atoms. The van der Waals surface area contributed by atoms with Crippen molar-refractivity contribution in [2.24, 2.45) is 0 Å². The Hall–Kier alpha value is -2.47. The first-order valence-corrected chi connectivity index (χ1v) is 8.27. The molecular formula is C18H21N5O. The Morgan fingerprint density at radius 3 is 2.54 bits per heavy atom. The molecular weight excluding hydrogens is 302 g/mol. The molecule has 1 fully saturated rings. The molecule has 0 radical (unpaired) electrons. The number of rotatable bonds is 5. The zero-order valence-electron chi connectivity index (χ0n) is 14.0. The molecule has 124 valence electrons. The van der Waals surface area contributed by atoms with E-state index in [4.69, 9.17) is 4.42 Å². The van der Waals surface area contributed by atoms with Gasteiger partial charge in [-0.1, -0.05) is 30.3 Å². The van der Waals surface area contributed by atoms with Gasteiger partial charge in [-0.2, -0.15) is 5.10 Å². The molecule has 6 nitrogen and oxygen atoms in total. The second-order valence-electron chi connectivity index (χ2n) is 6.47. The van der Waals surface area contributed by atoms with Crippen molar-refractivity contribution in [2.75, 3.05) is 13.1 Å². The Morgan fingerprint density at radius 2 is 1.83 bits per heavy atom. The summed E-state index contributed by atoms with van der Waals surface area (Å²) < 4.78 is 7.90. The third kappa shape index (κ3) is 3.10. The van der Waals surface area contributed by atoms with Gasteiger partial charge in [0.15, 0.2) is 0 Å². The van der Waals surface area contributed by atoms with Gasteiger partial charge in [0.05, 0.1) is 24.7 Å². The van der Waals surface area contributed by atoms with E-state index in [1.54, 1.807) is 0 Å². The van der Waals surface area contributed by atoms with E-state index in [2.05, 4.69) is 50.0 Å². The number of aryl methyl sites for hydroxylation is 2. The predicted octanol–water partition coefficient (Wildman–Crippen LogP) is 2.53. The van der Waals surface area contributed by atoms with Gasteiger partial charge in [0.1, 0.15) is 0 Å². The van der Waals surface area contributed by atoms with Gasteiger partial charge in [0, 0.05) is 18.8 Å². The maximum absolute atomic E-state index is 5.78. The van der Waals surface area contributed by atoms with Crippen LogP contribution in [-0.2, 0) is 13.0 Å². The Balaban J connectivity index is 1.32. The van der Waals surface area contributed by atoms with Crippen molar-refractivity contribution in [2.45, 2.75) is 32.9 Å². The highest BCUT2D eigenvalue weighted by Crippen LogP contribution is 2.24. The Bertz CT molecular complexity index is 817. The lowest BCUT2D eigenvalue weighted by Crippen LogP contribution is -2.47. The van der Waals surface area contributed by atoms with Crippen LogP contribution in [0, 0.1) is 13.8 Å². The molecule has 3 aromatic rings. The van der Waals surface area contributed by atoms with E-state index in [9.17, 15) is 0 Å². The first-order valence-electron chi connectivity index (χ1n) is 8.27. The minimum atomic E-state index is 0.449. The average molecular weight is 323 g/mol. The van der Waals surface area contributed by atoms with Crippen LogP contribution < -0.4 is 0 Å². The molecule has 3 heterocycles. The minimum Gasteiger partial charge on any atom is -0.424 e. The van der Waals surface area contributed by atoms with Crippen LogP contribution in [0.3, 0.4) is 0 Å². The quantitative estimate of drug-likeness (QED) is 0.722. The number of likely N-dealkylation sites (tertiary alicyclic amines) is 1. The molecule has 0 N–H and O–H groups in total. The Kier molecular flexibility index (Phi) is 3.90. The van der Waals surface area contributed by atoms with Gasteiger partial charge in [0.2, 0.25) is 11.8 Å². The van der Waals surface area contributed by atoms with Crippen molar-refractivity contribution in [1.29, 1.82) is 0 Å². The standard InChI is InChI=1S/C18H21N5O/c1-13-8-14(2)23(21-13)16-10-22(11-16)12-18-20-19-17(24-18)9-15-6-4-3-5-7-15/h3-8,16H,9-12H2,1-2H3. The predicted molar refractivity (Wildman–Crippen MR) is 89.6 cm³/mol. The molecule has 24 heavy (non-hydrogen) atoms. The van der Waals surface area contributed by atoms with E-state index < -0.39 is 0 Å². The van der Waals surface area contributed by atoms with E-state index in [-0.39, 0.29) is 0 Å². The van der Waals surface area contributed by atoms with E-state index in [1.807, 2.05) is 25.1 Å². The van der Waals surface area contributed by atoms with Crippen molar-refractivity contribution in [1.82, 2.24) is 24.9 Å². The summed E-state index contributed by atoms with van der Waals surface area (Å²) in [5, 5.41) is 12.9. The third-order valence-electron chi connectivity index (χ3n) is 4.39. The van der Waals surface area contributed by atoms with Crippen LogP contribution in [0.4, 0.5) is 0 Å². The van der Waals surface area contributed by atoms with Gasteiger partial charge >= 0.3 is 0 Å². The molecule has 0 spiro atoms. The molecule has 0 atom stereocenters. The van der Waals surface area contributed by atoms with Gasteiger partial charge in [-0.15, -0.1) is 10.2 Å². The van der Waals surface area contributed by atoms with Gasteiger partial charge < -0.3 is 4.42 Å². The van der Waals surface area contributed by atoms with Crippen LogP contribution in [-0.4, -0.2) is 38.0 Å². The van der Waals surface area contributed by atoms with Crippen molar-refractivity contribution in [3.05, 3.63) is 65.1 Å². The summed E-state index contributed by atoms with van der Waals surface area (Å²) in [4.78, 5) is 2.31. The molecule has 0 saturated carbocycles. The van der Waals surface area contributed by atoms with E-state index in [0.717, 1.165) is 18.8 Å². The highest BCUT2D eigenvalue weighted by Gasteiger charge is 2.30. The van der Waals surface area contributed by atoms with Crippen LogP contribution in [0.1, 0.15) is 34.8 Å². The van der Waals surface area contributed by atoms with Gasteiger partial charge in [0.25, 0.3) is 0 Å². The molecule has 2 aromatic heterocycles. The topological polar surface area (TPSA) is 60.0 Å². The molecule has 1 saturated heterocycles. The lowest BCUT2D eigenvalue weighted by molar-refractivity contribution is 0.0797. The van der Waals surface area contributed by atoms with Crippen LogP contribution in [0.15, 0.2) is 40.8 Å². The highest BCUT2D eigenvalue weighted by atomic mass is 16.4. The van der Waals surface area contributed by atoms with Crippen molar-refractivity contribution >= 4 is 0 Å². The average Bonchev–Trinajstić information content (AvgIpc) is 3.10. The molecule has 6 heteroatoms. The van der Waals surface area contributed by atoms with Gasteiger partial charge in [-0.05, 0) is 25.5 Å². The molecule has 0 aliphatic carbocycles. The van der Waals surface area contributed by atoms with Crippen molar-refractivity contribution in [3.8, 4) is 0 Å². The highest BCUT2D eigenvalue weighted by molar-refractivity contribution is 5.17.